The number of nitrogens with zero attached hydrogens (tertiary/aromatic N) is 2. The number of amides is 1. The fraction of sp³-hybridized carbons (Fsp3) is 0.923. The first-order valence-electron chi connectivity index (χ1n) is 7.36. The van der Waals surface area contributed by atoms with E-state index in [0.29, 0.717) is 19.5 Å². The number of hydrogen-bond donors (Lipinski definition) is 1. The summed E-state index contributed by atoms with van der Waals surface area (Å²) in [4.78, 5) is 15.1. The molecule has 2 rings (SSSR count). The second-order valence-electron chi connectivity index (χ2n) is 5.65. The maximum Gasteiger partial charge on any atom is 0.319 e. The number of carbonyl (C=O) groups is 1. The molecule has 0 aromatic rings. The van der Waals surface area contributed by atoms with Gasteiger partial charge in [0.05, 0.1) is 6.54 Å². The molecule has 11 heteroatoms. The van der Waals surface area contributed by atoms with Gasteiger partial charge >= 0.3 is 12.3 Å². The Kier molecular flexibility index (Phi) is 10.9. The van der Waals surface area contributed by atoms with Crippen molar-refractivity contribution in [3.63, 3.8) is 0 Å². The summed E-state index contributed by atoms with van der Waals surface area (Å²) in [6.45, 7) is 0.991. The Morgan fingerprint density at radius 2 is 1.83 bits per heavy atom. The summed E-state index contributed by atoms with van der Waals surface area (Å²) in [6.07, 6.45) is -3.25. The van der Waals surface area contributed by atoms with E-state index >= 15 is 0 Å². The van der Waals surface area contributed by atoms with E-state index in [1.165, 1.54) is 4.90 Å². The van der Waals surface area contributed by atoms with E-state index in [2.05, 4.69) is 5.32 Å². The highest BCUT2D eigenvalue weighted by Crippen LogP contribution is 2.24. The zero-order valence-corrected chi connectivity index (χ0v) is 15.5. The van der Waals surface area contributed by atoms with Gasteiger partial charge in [-0.2, -0.15) is 20.5 Å². The molecular formula is C13H23Cl2F4N3OS. The molecule has 2 saturated heterocycles. The molecule has 2 aliphatic rings. The normalized spacial score (nSPS) is 22.7. The highest BCUT2D eigenvalue weighted by molar-refractivity contribution is 7.99. The van der Waals surface area contributed by atoms with Crippen molar-refractivity contribution in [1.82, 2.24) is 15.1 Å². The molecule has 0 saturated carbocycles. The molecule has 1 amide bonds. The van der Waals surface area contributed by atoms with Crippen LogP contribution in [0.25, 0.3) is 0 Å². The minimum absolute atomic E-state index is 0. The zero-order chi connectivity index (χ0) is 16.2. The molecule has 0 aromatic heterocycles. The molecule has 0 bridgehead atoms. The summed E-state index contributed by atoms with van der Waals surface area (Å²) in [6, 6.07) is 0.160. The third kappa shape index (κ3) is 7.11. The van der Waals surface area contributed by atoms with E-state index in [0.717, 1.165) is 18.1 Å². The Labute approximate surface area is 155 Å². The molecule has 2 fully saturated rings. The Hall–Kier alpha value is 0.0400. The molecule has 2 aliphatic heterocycles. The van der Waals surface area contributed by atoms with E-state index < -0.39 is 18.9 Å². The van der Waals surface area contributed by atoms with Gasteiger partial charge < -0.3 is 10.2 Å². The van der Waals surface area contributed by atoms with Gasteiger partial charge in [-0.25, -0.2) is 8.78 Å². The average Bonchev–Trinajstić information content (AvgIpc) is 2.48. The van der Waals surface area contributed by atoms with Crippen LogP contribution in [0.15, 0.2) is 0 Å². The van der Waals surface area contributed by atoms with Gasteiger partial charge in [0, 0.05) is 56.7 Å². The number of rotatable bonds is 5. The number of halogens is 6. The third-order valence-electron chi connectivity index (χ3n) is 3.90. The molecule has 144 valence electrons. The Morgan fingerprint density at radius 1 is 1.21 bits per heavy atom. The van der Waals surface area contributed by atoms with Crippen LogP contribution >= 0.6 is 36.6 Å². The van der Waals surface area contributed by atoms with Gasteiger partial charge in [-0.15, -0.1) is 24.8 Å². The lowest BCUT2D eigenvalue weighted by molar-refractivity contribution is -0.148. The fourth-order valence-corrected chi connectivity index (χ4v) is 3.56. The lowest BCUT2D eigenvalue weighted by Crippen LogP contribution is -2.53. The van der Waals surface area contributed by atoms with Gasteiger partial charge in [-0.05, 0) is 0 Å². The predicted octanol–water partition coefficient (Wildman–Crippen LogP) is 1.97. The van der Waals surface area contributed by atoms with Crippen molar-refractivity contribution in [2.75, 3.05) is 50.8 Å². The third-order valence-corrected chi connectivity index (χ3v) is 5.03. The summed E-state index contributed by atoms with van der Waals surface area (Å²) in [7, 11) is 0. The monoisotopic (exact) mass is 415 g/mol. The number of alkyl halides is 4. The van der Waals surface area contributed by atoms with E-state index in [1.807, 2.05) is 0 Å². The molecule has 24 heavy (non-hydrogen) atoms. The van der Waals surface area contributed by atoms with Crippen molar-refractivity contribution in [2.24, 2.45) is 0 Å². The Morgan fingerprint density at radius 3 is 2.33 bits per heavy atom. The van der Waals surface area contributed by atoms with Crippen LogP contribution in [0.3, 0.4) is 0 Å². The largest absolute Gasteiger partial charge is 0.340 e. The van der Waals surface area contributed by atoms with Crippen molar-refractivity contribution in [3.8, 4) is 0 Å². The summed E-state index contributed by atoms with van der Waals surface area (Å²) >= 11 is 1.81. The highest BCUT2D eigenvalue weighted by atomic mass is 35.5. The molecular weight excluding hydrogens is 393 g/mol. The quantitative estimate of drug-likeness (QED) is 0.696. The molecule has 1 atom stereocenters. The van der Waals surface area contributed by atoms with Gasteiger partial charge in [-0.1, -0.05) is 0 Å². The number of hydrogen-bond acceptors (Lipinski definition) is 4. The van der Waals surface area contributed by atoms with Gasteiger partial charge in [0.2, 0.25) is 5.91 Å². The van der Waals surface area contributed by atoms with Gasteiger partial charge in [0.1, 0.15) is 0 Å². The van der Waals surface area contributed by atoms with Crippen molar-refractivity contribution in [3.05, 3.63) is 0 Å². The van der Waals surface area contributed by atoms with Crippen molar-refractivity contribution in [1.29, 1.82) is 0 Å². The minimum Gasteiger partial charge on any atom is -0.340 e. The average molecular weight is 416 g/mol. The fourth-order valence-electron chi connectivity index (χ4n) is 2.61. The topological polar surface area (TPSA) is 35.6 Å². The SMILES string of the molecule is Cl.Cl.O=C(CC1CSCCN1)N1CCN(CC(F)(F)C(F)F)CC1. The van der Waals surface area contributed by atoms with Crippen molar-refractivity contribution >= 4 is 42.5 Å². The van der Waals surface area contributed by atoms with Crippen LogP contribution in [0.4, 0.5) is 17.6 Å². The van der Waals surface area contributed by atoms with Gasteiger partial charge in [-0.3, -0.25) is 9.69 Å². The van der Waals surface area contributed by atoms with Crippen LogP contribution in [-0.4, -0.2) is 84.9 Å². The Balaban J connectivity index is 0.00000264. The second kappa shape index (κ2) is 10.9. The number of piperazine rings is 1. The summed E-state index contributed by atoms with van der Waals surface area (Å²) in [5, 5.41) is 3.28. The Bertz CT molecular complexity index is 382. The smallest absolute Gasteiger partial charge is 0.319 e. The van der Waals surface area contributed by atoms with E-state index in [1.54, 1.807) is 16.7 Å². The number of thioether (sulfide) groups is 1. The van der Waals surface area contributed by atoms with Crippen LogP contribution in [0.2, 0.25) is 0 Å². The molecule has 0 aliphatic carbocycles. The summed E-state index contributed by atoms with van der Waals surface area (Å²) < 4.78 is 50.4. The highest BCUT2D eigenvalue weighted by Gasteiger charge is 2.42. The summed E-state index contributed by atoms with van der Waals surface area (Å²) in [5.74, 6) is -2.05. The first-order valence-corrected chi connectivity index (χ1v) is 8.51. The van der Waals surface area contributed by atoms with Crippen LogP contribution in [0.1, 0.15) is 6.42 Å². The van der Waals surface area contributed by atoms with Crippen molar-refractivity contribution in [2.45, 2.75) is 24.8 Å². The minimum atomic E-state index is -3.99. The standard InChI is InChI=1S/C13H21F4N3OS.2ClH/c14-12(15)13(16,17)9-19-2-4-20(5-3-19)11(21)7-10-8-22-6-1-18-10;;/h10,12,18H,1-9H2;2*1H. The maximum atomic E-state index is 13.0. The molecule has 0 spiro atoms. The van der Waals surface area contributed by atoms with Crippen LogP contribution in [-0.2, 0) is 4.79 Å². The molecule has 1 N–H and O–H groups in total. The van der Waals surface area contributed by atoms with Crippen LogP contribution in [0.5, 0.6) is 0 Å². The zero-order valence-electron chi connectivity index (χ0n) is 13.1. The molecule has 4 nitrogen and oxygen atoms in total. The first kappa shape index (κ1) is 24.0. The second-order valence-corrected chi connectivity index (χ2v) is 6.80. The molecule has 1 unspecified atom stereocenters. The summed E-state index contributed by atoms with van der Waals surface area (Å²) in [5.41, 5.74) is 0. The lowest BCUT2D eigenvalue weighted by atomic mass is 10.2. The number of carbonyl (C=O) groups excluding carboxylic acids is 1. The van der Waals surface area contributed by atoms with E-state index in [9.17, 15) is 22.4 Å². The van der Waals surface area contributed by atoms with E-state index in [-0.39, 0.29) is 49.9 Å². The number of nitrogens with one attached hydrogen (secondary N) is 1. The maximum absolute atomic E-state index is 13.0. The molecule has 2 heterocycles. The van der Waals surface area contributed by atoms with Crippen molar-refractivity contribution < 1.29 is 22.4 Å². The van der Waals surface area contributed by atoms with E-state index in [4.69, 9.17) is 0 Å². The first-order chi connectivity index (χ1) is 10.4. The lowest BCUT2D eigenvalue weighted by Gasteiger charge is -2.37. The molecule has 0 radical (unpaired) electrons. The molecule has 0 aromatic carbocycles. The van der Waals surface area contributed by atoms with Gasteiger partial charge in [0.15, 0.2) is 0 Å². The van der Waals surface area contributed by atoms with Gasteiger partial charge in [0.25, 0.3) is 0 Å². The van der Waals surface area contributed by atoms with Crippen LogP contribution < -0.4 is 5.32 Å². The van der Waals surface area contributed by atoms with Crippen LogP contribution in [0, 0.1) is 0 Å². The predicted molar refractivity (Wildman–Crippen MR) is 92.2 cm³/mol.